The van der Waals surface area contributed by atoms with Gasteiger partial charge in [0.2, 0.25) is 0 Å². The quantitative estimate of drug-likeness (QED) is 0.768. The number of hydrazine groups is 1. The van der Waals surface area contributed by atoms with Gasteiger partial charge >= 0.3 is 0 Å². The predicted octanol–water partition coefficient (Wildman–Crippen LogP) is 3.38. The summed E-state index contributed by atoms with van der Waals surface area (Å²) in [7, 11) is 0. The monoisotopic (exact) mass is 390 g/mol. The highest BCUT2D eigenvalue weighted by Crippen LogP contribution is 2.16. The lowest BCUT2D eigenvalue weighted by Crippen LogP contribution is -2.48. The molecule has 0 fully saturated rings. The van der Waals surface area contributed by atoms with Crippen LogP contribution in [0, 0.1) is 6.92 Å². The lowest BCUT2D eigenvalue weighted by Gasteiger charge is -2.18. The van der Waals surface area contributed by atoms with Crippen LogP contribution in [0.1, 0.15) is 29.3 Å². The number of carbonyl (C=O) groups is 2. The highest BCUT2D eigenvalue weighted by Gasteiger charge is 2.19. The summed E-state index contributed by atoms with van der Waals surface area (Å²) in [5.74, 6) is -0.185. The van der Waals surface area contributed by atoms with Gasteiger partial charge in [0.15, 0.2) is 6.10 Å². The molecule has 0 heterocycles. The summed E-state index contributed by atoms with van der Waals surface area (Å²) in [6.45, 7) is 3.79. The third-order valence-electron chi connectivity index (χ3n) is 3.35. The van der Waals surface area contributed by atoms with Crippen LogP contribution in [-0.4, -0.2) is 17.9 Å². The fourth-order valence-corrected chi connectivity index (χ4v) is 2.55. The summed E-state index contributed by atoms with van der Waals surface area (Å²) in [6.07, 6.45) is -0.212. The highest BCUT2D eigenvalue weighted by molar-refractivity contribution is 9.10. The average Bonchev–Trinajstić information content (AvgIpc) is 2.57. The Morgan fingerprint density at radius 2 is 1.88 bits per heavy atom. The lowest BCUT2D eigenvalue weighted by atomic mass is 10.2. The molecule has 1 atom stereocenters. The smallest absolute Gasteiger partial charge is 0.279 e. The van der Waals surface area contributed by atoms with E-state index in [1.54, 1.807) is 24.3 Å². The second-order valence-corrected chi connectivity index (χ2v) is 6.11. The zero-order chi connectivity index (χ0) is 17.5. The maximum Gasteiger partial charge on any atom is 0.279 e. The van der Waals surface area contributed by atoms with Crippen molar-refractivity contribution in [2.24, 2.45) is 0 Å². The number of benzene rings is 2. The minimum Gasteiger partial charge on any atom is -0.481 e. The minimum atomic E-state index is -0.689. The van der Waals surface area contributed by atoms with Crippen LogP contribution in [0.3, 0.4) is 0 Å². The van der Waals surface area contributed by atoms with Gasteiger partial charge in [0.1, 0.15) is 5.75 Å². The summed E-state index contributed by atoms with van der Waals surface area (Å²) in [4.78, 5) is 24.3. The van der Waals surface area contributed by atoms with E-state index in [1.165, 1.54) is 0 Å². The molecule has 2 amide bonds. The van der Waals surface area contributed by atoms with Crippen LogP contribution in [0.4, 0.5) is 0 Å². The second-order valence-electron chi connectivity index (χ2n) is 5.25. The Morgan fingerprint density at radius 1 is 1.12 bits per heavy atom. The van der Waals surface area contributed by atoms with Gasteiger partial charge in [-0.2, -0.15) is 0 Å². The maximum atomic E-state index is 12.2. The molecule has 0 saturated heterocycles. The van der Waals surface area contributed by atoms with E-state index in [2.05, 4.69) is 26.8 Å². The van der Waals surface area contributed by atoms with Crippen molar-refractivity contribution in [1.82, 2.24) is 10.9 Å². The molecule has 0 aliphatic rings. The molecule has 126 valence electrons. The van der Waals surface area contributed by atoms with Crippen molar-refractivity contribution >= 4 is 27.7 Å². The van der Waals surface area contributed by atoms with Crippen molar-refractivity contribution in [2.75, 3.05) is 0 Å². The fourth-order valence-electron chi connectivity index (χ4n) is 2.09. The molecule has 2 rings (SSSR count). The molecule has 6 heteroatoms. The van der Waals surface area contributed by atoms with Crippen molar-refractivity contribution in [1.29, 1.82) is 0 Å². The number of nitrogens with one attached hydrogen (secondary N) is 2. The largest absolute Gasteiger partial charge is 0.481 e. The second kappa shape index (κ2) is 8.49. The first-order valence-electron chi connectivity index (χ1n) is 7.59. The summed E-state index contributed by atoms with van der Waals surface area (Å²) < 4.78 is 6.35. The Hall–Kier alpha value is -2.34. The first-order valence-corrected chi connectivity index (χ1v) is 8.38. The number of halogens is 1. The Bertz CT molecular complexity index is 734. The van der Waals surface area contributed by atoms with Gasteiger partial charge < -0.3 is 4.74 Å². The van der Waals surface area contributed by atoms with Gasteiger partial charge in [0.25, 0.3) is 11.8 Å². The van der Waals surface area contributed by atoms with Crippen molar-refractivity contribution in [3.05, 3.63) is 64.1 Å². The van der Waals surface area contributed by atoms with Crippen LogP contribution < -0.4 is 15.6 Å². The van der Waals surface area contributed by atoms with Crippen LogP contribution in [0.2, 0.25) is 0 Å². The molecule has 0 radical (unpaired) electrons. The summed E-state index contributed by atoms with van der Waals surface area (Å²) in [5.41, 5.74) is 6.29. The average molecular weight is 391 g/mol. The van der Waals surface area contributed by atoms with E-state index < -0.39 is 17.9 Å². The number of carbonyl (C=O) groups excluding carboxylic acids is 2. The van der Waals surface area contributed by atoms with Crippen LogP contribution in [0.25, 0.3) is 0 Å². The lowest BCUT2D eigenvalue weighted by molar-refractivity contribution is -0.128. The van der Waals surface area contributed by atoms with Crippen molar-refractivity contribution < 1.29 is 14.3 Å². The number of amides is 2. The maximum absolute atomic E-state index is 12.2. The summed E-state index contributed by atoms with van der Waals surface area (Å²) in [6, 6.07) is 14.4. The molecule has 2 aromatic rings. The number of rotatable bonds is 5. The first kappa shape index (κ1) is 18.0. The predicted molar refractivity (Wildman–Crippen MR) is 95.6 cm³/mol. The van der Waals surface area contributed by atoms with E-state index >= 15 is 0 Å². The number of ether oxygens (including phenoxy) is 1. The molecule has 0 aliphatic carbocycles. The van der Waals surface area contributed by atoms with Gasteiger partial charge in [-0.1, -0.05) is 31.2 Å². The van der Waals surface area contributed by atoms with Gasteiger partial charge in [-0.05, 0) is 59.1 Å². The molecule has 0 aliphatic heterocycles. The highest BCUT2D eigenvalue weighted by atomic mass is 79.9. The summed E-state index contributed by atoms with van der Waals surface area (Å²) in [5, 5.41) is 0. The molecule has 0 aromatic heterocycles. The van der Waals surface area contributed by atoms with Crippen molar-refractivity contribution in [3.8, 4) is 5.75 Å². The fraction of sp³-hybridized carbons (Fsp3) is 0.222. The van der Waals surface area contributed by atoms with Crippen LogP contribution >= 0.6 is 15.9 Å². The van der Waals surface area contributed by atoms with E-state index in [9.17, 15) is 9.59 Å². The minimum absolute atomic E-state index is 0.402. The van der Waals surface area contributed by atoms with Crippen molar-refractivity contribution in [2.45, 2.75) is 26.4 Å². The first-order chi connectivity index (χ1) is 11.5. The topological polar surface area (TPSA) is 67.4 Å². The van der Waals surface area contributed by atoms with Crippen LogP contribution in [-0.2, 0) is 4.79 Å². The molecule has 1 unspecified atom stereocenters. The molecule has 2 N–H and O–H groups in total. The Kier molecular flexibility index (Phi) is 6.37. The van der Waals surface area contributed by atoms with E-state index in [-0.39, 0.29) is 0 Å². The Labute approximate surface area is 149 Å². The van der Waals surface area contributed by atoms with Gasteiger partial charge in [-0.25, -0.2) is 0 Å². The third-order valence-corrected chi connectivity index (χ3v) is 4.04. The van der Waals surface area contributed by atoms with E-state index in [0.29, 0.717) is 22.2 Å². The van der Waals surface area contributed by atoms with Crippen LogP contribution in [0.15, 0.2) is 53.0 Å². The zero-order valence-corrected chi connectivity index (χ0v) is 15.1. The standard InChI is InChI=1S/C18H19BrN2O3/c1-3-16(24-13-8-6-7-12(2)11-13)18(23)21-20-17(22)14-9-4-5-10-15(14)19/h4-11,16H,3H2,1-2H3,(H,20,22)(H,21,23). The van der Waals surface area contributed by atoms with E-state index in [4.69, 9.17) is 4.74 Å². The van der Waals surface area contributed by atoms with E-state index in [0.717, 1.165) is 5.56 Å². The molecule has 0 spiro atoms. The Morgan fingerprint density at radius 3 is 2.54 bits per heavy atom. The number of hydrogen-bond donors (Lipinski definition) is 2. The molecule has 2 aromatic carbocycles. The molecular weight excluding hydrogens is 372 g/mol. The number of aryl methyl sites for hydroxylation is 1. The zero-order valence-electron chi connectivity index (χ0n) is 13.5. The normalized spacial score (nSPS) is 11.5. The van der Waals surface area contributed by atoms with Gasteiger partial charge in [-0.3, -0.25) is 20.4 Å². The van der Waals surface area contributed by atoms with E-state index in [1.807, 2.05) is 38.1 Å². The molecule has 0 bridgehead atoms. The number of hydrogen-bond acceptors (Lipinski definition) is 3. The van der Waals surface area contributed by atoms with Gasteiger partial charge in [-0.15, -0.1) is 0 Å². The van der Waals surface area contributed by atoms with Gasteiger partial charge in [0.05, 0.1) is 5.56 Å². The van der Waals surface area contributed by atoms with Gasteiger partial charge in [0, 0.05) is 4.47 Å². The molecule has 0 saturated carbocycles. The molecule has 5 nitrogen and oxygen atoms in total. The van der Waals surface area contributed by atoms with Crippen LogP contribution in [0.5, 0.6) is 5.75 Å². The van der Waals surface area contributed by atoms with Crippen molar-refractivity contribution in [3.63, 3.8) is 0 Å². The summed E-state index contributed by atoms with van der Waals surface area (Å²) >= 11 is 3.30. The molecule has 24 heavy (non-hydrogen) atoms. The third kappa shape index (κ3) is 4.83. The SMILES string of the molecule is CCC(Oc1cccc(C)c1)C(=O)NNC(=O)c1ccccc1Br. The Balaban J connectivity index is 1.95. The molecular formula is C18H19BrN2O3.